The Labute approximate surface area is 239 Å². The van der Waals surface area contributed by atoms with Crippen LogP contribution in [0.5, 0.6) is 0 Å². The smallest absolute Gasteiger partial charge is 0.306 e. The lowest BCUT2D eigenvalue weighted by atomic mass is 9.44. The van der Waals surface area contributed by atoms with Gasteiger partial charge in [-0.25, -0.2) is 13.2 Å². The van der Waals surface area contributed by atoms with E-state index in [0.29, 0.717) is 0 Å². The van der Waals surface area contributed by atoms with Gasteiger partial charge in [0.1, 0.15) is 18.2 Å². The molecule has 4 aliphatic carbocycles. The third-order valence-corrected chi connectivity index (χ3v) is 9.59. The van der Waals surface area contributed by atoms with E-state index in [9.17, 15) is 23.6 Å². The van der Waals surface area contributed by atoms with Gasteiger partial charge in [-0.1, -0.05) is 33.6 Å². The first-order chi connectivity index (χ1) is 21.6. The van der Waals surface area contributed by atoms with Crippen LogP contribution in [0, 0.1) is 28.6 Å². The summed E-state index contributed by atoms with van der Waals surface area (Å²) in [5.41, 5.74) is -11.4. The SMILES string of the molecule is [2H]C([2H])(F)SC(=O)[C@@]1(OC(=O)C([2H])([2H])C([2H])([2H])[2H])[C@H](C)C[C@H]2[C@@H]3C[C@H](F)C4=CC(=O)C=C[C@]4(C)[C@@]3(F)[C@@H](OC(=O)CC)C[C@@]21C([2H])([2H])[2H]. The minimum atomic E-state index is -3.94. The third-order valence-electron chi connectivity index (χ3n) is 9.02. The molecule has 0 unspecified atom stereocenters. The molecule has 0 saturated heterocycles. The summed E-state index contributed by atoms with van der Waals surface area (Å²) >= 11 is -0.742. The first-order valence-corrected chi connectivity index (χ1v) is 13.0. The molecule has 0 radical (unpaired) electrons. The lowest BCUT2D eigenvalue weighted by molar-refractivity contribution is -0.237. The molecule has 0 heterocycles. The zero-order chi connectivity index (χ0) is 36.8. The highest BCUT2D eigenvalue weighted by Crippen LogP contribution is 2.72. The van der Waals surface area contributed by atoms with E-state index < -0.39 is 132 Å². The number of fused-ring (bicyclic) bond motifs is 5. The normalized spacial score (nSPS) is 48.7. The molecule has 9 atom stereocenters. The molecule has 3 fully saturated rings. The van der Waals surface area contributed by atoms with Gasteiger partial charge in [0.25, 0.3) is 0 Å². The number of hydrogen-bond acceptors (Lipinski definition) is 7. The molecular formula is C28H35F3O6S. The van der Waals surface area contributed by atoms with Crippen molar-refractivity contribution in [2.75, 3.05) is 5.96 Å². The fourth-order valence-electron chi connectivity index (χ4n) is 7.38. The van der Waals surface area contributed by atoms with Crippen LogP contribution in [0.25, 0.3) is 0 Å². The van der Waals surface area contributed by atoms with Gasteiger partial charge >= 0.3 is 11.9 Å². The quantitative estimate of drug-likeness (QED) is 0.399. The summed E-state index contributed by atoms with van der Waals surface area (Å²) in [4.78, 5) is 52.7. The van der Waals surface area contributed by atoms with Crippen LogP contribution >= 0.6 is 11.8 Å². The molecule has 0 bridgehead atoms. The Morgan fingerprint density at radius 2 is 2.00 bits per heavy atom. The number of ketones is 1. The largest absolute Gasteiger partial charge is 0.459 e. The molecule has 0 spiro atoms. The monoisotopic (exact) mass is 566 g/mol. The molecule has 0 aromatic rings. The molecule has 0 aromatic carbocycles. The van der Waals surface area contributed by atoms with Crippen LogP contribution in [0.15, 0.2) is 23.8 Å². The summed E-state index contributed by atoms with van der Waals surface area (Å²) in [5.74, 6) is -13.0. The highest BCUT2D eigenvalue weighted by Gasteiger charge is 2.79. The number of thioether (sulfide) groups is 1. The van der Waals surface area contributed by atoms with Gasteiger partial charge in [-0.05, 0) is 61.6 Å². The van der Waals surface area contributed by atoms with Crippen LogP contribution in [-0.4, -0.2) is 52.3 Å². The van der Waals surface area contributed by atoms with Crippen LogP contribution < -0.4 is 0 Å². The zero-order valence-electron chi connectivity index (χ0n) is 30.9. The highest BCUT2D eigenvalue weighted by molar-refractivity contribution is 8.13. The fourth-order valence-corrected chi connectivity index (χ4v) is 8.03. The Balaban J connectivity index is 2.10. The number of rotatable bonds is 6. The van der Waals surface area contributed by atoms with Gasteiger partial charge in [-0.3, -0.25) is 19.2 Å². The van der Waals surface area contributed by atoms with Crippen LogP contribution in [-0.2, 0) is 28.7 Å². The summed E-state index contributed by atoms with van der Waals surface area (Å²) in [6.07, 6.45) is -8.11. The number of carbonyl (C=O) groups is 4. The van der Waals surface area contributed by atoms with Gasteiger partial charge in [0.05, 0.1) is 2.74 Å². The summed E-state index contributed by atoms with van der Waals surface area (Å²) in [5, 5.41) is -1.79. The van der Waals surface area contributed by atoms with E-state index in [1.165, 1.54) is 13.8 Å². The Morgan fingerprint density at radius 1 is 1.26 bits per heavy atom. The number of allylic oxidation sites excluding steroid dienone is 4. The molecule has 0 N–H and O–H groups in total. The lowest BCUT2D eigenvalue weighted by Crippen LogP contribution is -2.71. The van der Waals surface area contributed by atoms with E-state index in [1.54, 1.807) is 0 Å². The Hall–Kier alpha value is -2.10. The Bertz CT molecular complexity index is 1460. The van der Waals surface area contributed by atoms with Crippen molar-refractivity contribution < 1.29 is 55.5 Å². The average molecular weight is 567 g/mol. The van der Waals surface area contributed by atoms with Gasteiger partial charge in [0.2, 0.25) is 5.12 Å². The Morgan fingerprint density at radius 3 is 2.63 bits per heavy atom. The topological polar surface area (TPSA) is 86.7 Å². The second-order valence-electron chi connectivity index (χ2n) is 10.6. The summed E-state index contributed by atoms with van der Waals surface area (Å²) in [6.45, 7) is -3.61. The maximum Gasteiger partial charge on any atom is 0.306 e. The van der Waals surface area contributed by atoms with E-state index in [-0.39, 0.29) is 12.0 Å². The third kappa shape index (κ3) is 3.75. The molecular weight excluding hydrogens is 521 g/mol. The van der Waals surface area contributed by atoms with E-state index in [1.807, 2.05) is 0 Å². The van der Waals surface area contributed by atoms with Crippen molar-refractivity contribution in [1.29, 1.82) is 0 Å². The molecule has 0 aliphatic heterocycles. The maximum atomic E-state index is 18.4. The van der Waals surface area contributed by atoms with Gasteiger partial charge in [0.15, 0.2) is 17.1 Å². The second-order valence-corrected chi connectivity index (χ2v) is 11.3. The number of hydrogen-bond donors (Lipinski definition) is 0. The van der Waals surface area contributed by atoms with Gasteiger partial charge in [0, 0.05) is 46.4 Å². The average Bonchev–Trinajstić information content (AvgIpc) is 3.18. The van der Waals surface area contributed by atoms with E-state index in [0.717, 1.165) is 25.2 Å². The molecule has 0 aromatic heterocycles. The van der Waals surface area contributed by atoms with E-state index in [4.69, 9.17) is 23.2 Å². The van der Waals surface area contributed by atoms with Gasteiger partial charge in [-0.15, -0.1) is 0 Å². The standard InChI is InChI=1S/C28H35F3O6S/c1-6-22(33)36-21-13-26(5)17(10-15(3)28(26,24(35)38-14-29)37-23(34)7-2)18-12-20(30)19-11-16(32)8-9-25(19,4)27(18,21)31/h8-9,11,15,17-18,20-21H,6-7,10,12-14H2,1-5H3/t15-,17+,18+,20+,21+,25+,26+,27+,28+/m1/s1/i2D3,5D3,7D2,14D2. The van der Waals surface area contributed by atoms with Crippen molar-refractivity contribution in [3.63, 3.8) is 0 Å². The zero-order valence-corrected chi connectivity index (χ0v) is 21.8. The number of esters is 2. The van der Waals surface area contributed by atoms with Gasteiger partial charge < -0.3 is 9.47 Å². The summed E-state index contributed by atoms with van der Waals surface area (Å²) in [6, 6.07) is 0. The first kappa shape index (κ1) is 18.3. The highest BCUT2D eigenvalue weighted by atomic mass is 32.2. The number of alkyl halides is 3. The van der Waals surface area contributed by atoms with Crippen LogP contribution in [0.1, 0.15) is 80.2 Å². The van der Waals surface area contributed by atoms with Crippen molar-refractivity contribution in [3.05, 3.63) is 23.8 Å². The lowest BCUT2D eigenvalue weighted by Gasteiger charge is -2.63. The van der Waals surface area contributed by atoms with E-state index >= 15 is 8.78 Å². The molecule has 6 nitrogen and oxygen atoms in total. The van der Waals surface area contributed by atoms with Crippen molar-refractivity contribution in [3.8, 4) is 0 Å². The molecule has 3 saturated carbocycles. The fraction of sp³-hybridized carbons (Fsp3) is 0.714. The van der Waals surface area contributed by atoms with E-state index in [2.05, 4.69) is 0 Å². The molecule has 38 heavy (non-hydrogen) atoms. The number of ether oxygens (including phenoxy) is 2. The van der Waals surface area contributed by atoms with Crippen LogP contribution in [0.4, 0.5) is 13.2 Å². The first-order valence-electron chi connectivity index (χ1n) is 17.2. The number of halogens is 3. The van der Waals surface area contributed by atoms with Crippen molar-refractivity contribution in [1.82, 2.24) is 0 Å². The van der Waals surface area contributed by atoms with Crippen LogP contribution in [0.2, 0.25) is 0 Å². The molecule has 210 valence electrons. The molecule has 0 amide bonds. The Kier molecular flexibility index (Phi) is 4.73. The van der Waals surface area contributed by atoms with Crippen LogP contribution in [0.3, 0.4) is 0 Å². The minimum absolute atomic E-state index is 0.306. The molecule has 10 heteroatoms. The summed E-state index contributed by atoms with van der Waals surface area (Å²) < 4.78 is 140. The predicted molar refractivity (Wildman–Crippen MR) is 135 cm³/mol. The van der Waals surface area contributed by atoms with Crippen molar-refractivity contribution >= 4 is 34.6 Å². The predicted octanol–water partition coefficient (Wildman–Crippen LogP) is 5.39. The minimum Gasteiger partial charge on any atom is -0.459 e. The molecule has 4 rings (SSSR count). The maximum absolute atomic E-state index is 18.4. The number of carbonyl (C=O) groups excluding carboxylic acids is 4. The van der Waals surface area contributed by atoms with Crippen molar-refractivity contribution in [2.24, 2.45) is 28.6 Å². The molecule has 4 aliphatic rings. The van der Waals surface area contributed by atoms with Gasteiger partial charge in [-0.2, -0.15) is 0 Å². The second kappa shape index (κ2) is 9.82. The van der Waals surface area contributed by atoms with Crippen molar-refractivity contribution in [2.45, 2.75) is 90.1 Å². The summed E-state index contributed by atoms with van der Waals surface area (Å²) in [7, 11) is 0.